The highest BCUT2D eigenvalue weighted by Crippen LogP contribution is 2.23. The third kappa shape index (κ3) is 3.36. The van der Waals surface area contributed by atoms with Crippen molar-refractivity contribution < 1.29 is 0 Å². The molecule has 0 radical (unpaired) electrons. The van der Waals surface area contributed by atoms with Crippen LogP contribution in [0.5, 0.6) is 0 Å². The summed E-state index contributed by atoms with van der Waals surface area (Å²) in [6, 6.07) is 1.06. The minimum atomic E-state index is 0.494. The van der Waals surface area contributed by atoms with Crippen LogP contribution in [0.25, 0.3) is 0 Å². The largest absolute Gasteiger partial charge is 0.370 e. The Labute approximate surface area is 105 Å². The predicted molar refractivity (Wildman–Crippen MR) is 73.1 cm³/mol. The maximum atomic E-state index is 6.21. The van der Waals surface area contributed by atoms with Crippen molar-refractivity contribution in [3.05, 3.63) is 0 Å². The molecule has 3 heteroatoms. The van der Waals surface area contributed by atoms with Crippen LogP contribution in [0.4, 0.5) is 0 Å². The van der Waals surface area contributed by atoms with E-state index in [4.69, 9.17) is 10.7 Å². The third-order valence-corrected chi connectivity index (χ3v) is 4.30. The van der Waals surface area contributed by atoms with Crippen molar-refractivity contribution in [3.63, 3.8) is 0 Å². The molecule has 2 rings (SSSR count). The molecule has 0 aromatic heterocycles. The predicted octanol–water partition coefficient (Wildman–Crippen LogP) is 2.75. The molecule has 1 saturated carbocycles. The van der Waals surface area contributed by atoms with Crippen LogP contribution >= 0.6 is 0 Å². The number of hydrogen-bond donors (Lipinski definition) is 1. The highest BCUT2D eigenvalue weighted by atomic mass is 15.3. The average Bonchev–Trinajstić information content (AvgIpc) is 2.33. The summed E-state index contributed by atoms with van der Waals surface area (Å²) in [5.41, 5.74) is 6.21. The van der Waals surface area contributed by atoms with E-state index < -0.39 is 0 Å². The summed E-state index contributed by atoms with van der Waals surface area (Å²) in [4.78, 5) is 7.09. The van der Waals surface area contributed by atoms with Crippen molar-refractivity contribution >= 4 is 5.96 Å². The van der Waals surface area contributed by atoms with Gasteiger partial charge in [0.15, 0.2) is 5.96 Å². The van der Waals surface area contributed by atoms with Gasteiger partial charge in [0.25, 0.3) is 0 Å². The summed E-state index contributed by atoms with van der Waals surface area (Å²) in [6.45, 7) is 5.67. The molecular weight excluding hydrogens is 210 g/mol. The monoisotopic (exact) mass is 237 g/mol. The number of nitrogens with zero attached hydrogens (tertiary/aromatic N) is 2. The number of hydrogen-bond acceptors (Lipinski definition) is 1. The Balaban J connectivity index is 1.96. The van der Waals surface area contributed by atoms with Crippen LogP contribution in [0.3, 0.4) is 0 Å². The second kappa shape index (κ2) is 5.74. The van der Waals surface area contributed by atoms with Gasteiger partial charge in [0, 0.05) is 12.6 Å². The third-order valence-electron chi connectivity index (χ3n) is 4.30. The lowest BCUT2D eigenvalue weighted by Crippen LogP contribution is -2.49. The zero-order chi connectivity index (χ0) is 12.3. The molecule has 0 spiro atoms. The summed E-state index contributed by atoms with van der Waals surface area (Å²) in [5.74, 6) is 1.56. The highest BCUT2D eigenvalue weighted by Gasteiger charge is 2.25. The van der Waals surface area contributed by atoms with Gasteiger partial charge in [-0.05, 0) is 38.5 Å². The zero-order valence-electron chi connectivity index (χ0n) is 11.4. The molecule has 17 heavy (non-hydrogen) atoms. The Bertz CT molecular complexity index is 269. The number of guanidine groups is 1. The van der Waals surface area contributed by atoms with Gasteiger partial charge in [0.2, 0.25) is 0 Å². The van der Waals surface area contributed by atoms with Gasteiger partial charge in [0.05, 0.1) is 6.04 Å². The SMILES string of the molecule is CC1CCC(C)N(C(N)=NC2CCCCC2)C1. The van der Waals surface area contributed by atoms with Crippen LogP contribution in [0, 0.1) is 5.92 Å². The van der Waals surface area contributed by atoms with Gasteiger partial charge in [-0.2, -0.15) is 0 Å². The first-order valence-corrected chi connectivity index (χ1v) is 7.26. The molecule has 2 atom stereocenters. The molecule has 1 saturated heterocycles. The second-order valence-electron chi connectivity index (χ2n) is 5.96. The molecular formula is C14H27N3. The molecule has 0 bridgehead atoms. The maximum Gasteiger partial charge on any atom is 0.191 e. The van der Waals surface area contributed by atoms with Crippen molar-refractivity contribution in [2.24, 2.45) is 16.6 Å². The molecule has 3 nitrogen and oxygen atoms in total. The molecule has 1 aliphatic carbocycles. The summed E-state index contributed by atoms with van der Waals surface area (Å²) in [7, 11) is 0. The van der Waals surface area contributed by atoms with Crippen LogP contribution in [0.2, 0.25) is 0 Å². The first-order chi connectivity index (χ1) is 8.16. The van der Waals surface area contributed by atoms with E-state index >= 15 is 0 Å². The van der Waals surface area contributed by atoms with Gasteiger partial charge in [-0.15, -0.1) is 0 Å². The van der Waals surface area contributed by atoms with Gasteiger partial charge >= 0.3 is 0 Å². The van der Waals surface area contributed by atoms with E-state index in [1.165, 1.54) is 44.9 Å². The Morgan fingerprint density at radius 2 is 1.76 bits per heavy atom. The number of likely N-dealkylation sites (tertiary alicyclic amines) is 1. The van der Waals surface area contributed by atoms with Crippen molar-refractivity contribution in [2.45, 2.75) is 70.9 Å². The van der Waals surface area contributed by atoms with Crippen molar-refractivity contribution in [3.8, 4) is 0 Å². The Morgan fingerprint density at radius 3 is 2.47 bits per heavy atom. The maximum absolute atomic E-state index is 6.21. The number of rotatable bonds is 1. The van der Waals surface area contributed by atoms with Crippen molar-refractivity contribution in [2.75, 3.05) is 6.54 Å². The Morgan fingerprint density at radius 1 is 1.06 bits per heavy atom. The summed E-state index contributed by atoms with van der Waals surface area (Å²) < 4.78 is 0. The summed E-state index contributed by atoms with van der Waals surface area (Å²) >= 11 is 0. The lowest BCUT2D eigenvalue weighted by Gasteiger charge is -2.38. The number of aliphatic imine (C=N–C) groups is 1. The van der Waals surface area contributed by atoms with E-state index in [0.29, 0.717) is 12.1 Å². The zero-order valence-corrected chi connectivity index (χ0v) is 11.4. The fourth-order valence-electron chi connectivity index (χ4n) is 3.08. The van der Waals surface area contributed by atoms with E-state index in [1.807, 2.05) is 0 Å². The molecule has 2 aliphatic rings. The average molecular weight is 237 g/mol. The van der Waals surface area contributed by atoms with E-state index in [-0.39, 0.29) is 0 Å². The number of nitrogens with two attached hydrogens (primary N) is 1. The molecule has 2 unspecified atom stereocenters. The van der Waals surface area contributed by atoms with Gasteiger partial charge in [0.1, 0.15) is 0 Å². The quantitative estimate of drug-likeness (QED) is 0.563. The van der Waals surface area contributed by atoms with Crippen molar-refractivity contribution in [1.82, 2.24) is 4.90 Å². The van der Waals surface area contributed by atoms with Gasteiger partial charge in [-0.1, -0.05) is 26.2 Å². The fourth-order valence-corrected chi connectivity index (χ4v) is 3.08. The van der Waals surface area contributed by atoms with Crippen LogP contribution in [0.1, 0.15) is 58.8 Å². The van der Waals surface area contributed by atoms with Gasteiger partial charge in [-0.25, -0.2) is 4.99 Å². The molecule has 2 fully saturated rings. The van der Waals surface area contributed by atoms with E-state index in [1.54, 1.807) is 0 Å². The fraction of sp³-hybridized carbons (Fsp3) is 0.929. The first-order valence-electron chi connectivity index (χ1n) is 7.26. The van der Waals surface area contributed by atoms with E-state index in [0.717, 1.165) is 18.4 Å². The first kappa shape index (κ1) is 12.7. The standard InChI is InChI=1S/C14H27N3/c1-11-8-9-12(2)17(10-11)14(15)16-13-6-4-3-5-7-13/h11-13H,3-10H2,1-2H3,(H2,15,16). The molecule has 1 heterocycles. The molecule has 0 aromatic rings. The van der Waals surface area contributed by atoms with Crippen molar-refractivity contribution in [1.29, 1.82) is 0 Å². The van der Waals surface area contributed by atoms with Gasteiger partial charge in [-0.3, -0.25) is 0 Å². The van der Waals surface area contributed by atoms with Crippen LogP contribution in [-0.4, -0.2) is 29.5 Å². The van der Waals surface area contributed by atoms with Crippen LogP contribution in [0.15, 0.2) is 4.99 Å². The molecule has 0 amide bonds. The lowest BCUT2D eigenvalue weighted by atomic mass is 9.95. The number of piperidine rings is 1. The summed E-state index contributed by atoms with van der Waals surface area (Å²) in [5, 5.41) is 0. The van der Waals surface area contributed by atoms with E-state index in [9.17, 15) is 0 Å². The van der Waals surface area contributed by atoms with Gasteiger partial charge < -0.3 is 10.6 Å². The minimum absolute atomic E-state index is 0.494. The smallest absolute Gasteiger partial charge is 0.191 e. The topological polar surface area (TPSA) is 41.6 Å². The van der Waals surface area contributed by atoms with Crippen LogP contribution < -0.4 is 5.73 Å². The Hall–Kier alpha value is -0.730. The van der Waals surface area contributed by atoms with E-state index in [2.05, 4.69) is 18.7 Å². The normalized spacial score (nSPS) is 32.8. The molecule has 98 valence electrons. The lowest BCUT2D eigenvalue weighted by molar-refractivity contribution is 0.203. The molecule has 1 aliphatic heterocycles. The molecule has 2 N–H and O–H groups in total. The summed E-state index contributed by atoms with van der Waals surface area (Å²) in [6.07, 6.45) is 9.08. The minimum Gasteiger partial charge on any atom is -0.370 e. The highest BCUT2D eigenvalue weighted by molar-refractivity contribution is 5.78. The van der Waals surface area contributed by atoms with Crippen LogP contribution in [-0.2, 0) is 0 Å². The Kier molecular flexibility index (Phi) is 4.30. The molecule has 0 aromatic carbocycles. The second-order valence-corrected chi connectivity index (χ2v) is 5.96.